The maximum atomic E-state index is 5.14. The number of hydrogen-bond acceptors (Lipinski definition) is 4. The van der Waals surface area contributed by atoms with Crippen LogP contribution in [-0.2, 0) is 0 Å². The summed E-state index contributed by atoms with van der Waals surface area (Å²) in [5.41, 5.74) is 9.44. The van der Waals surface area contributed by atoms with E-state index in [9.17, 15) is 0 Å². The minimum absolute atomic E-state index is 0.966. The highest BCUT2D eigenvalue weighted by atomic mass is 32.1. The molecule has 1 heterocycles. The lowest BCUT2D eigenvalue weighted by Gasteiger charge is -2.08. The van der Waals surface area contributed by atoms with Crippen molar-refractivity contribution in [2.75, 3.05) is 0 Å². The van der Waals surface area contributed by atoms with E-state index in [0.29, 0.717) is 0 Å². The zero-order valence-corrected chi connectivity index (χ0v) is 20.0. The first kappa shape index (κ1) is 20.7. The zero-order valence-electron chi connectivity index (χ0n) is 18.3. The molecule has 0 N–H and O–H groups in total. The summed E-state index contributed by atoms with van der Waals surface area (Å²) >= 11 is 3.43. The van der Waals surface area contributed by atoms with Gasteiger partial charge in [-0.2, -0.15) is 0 Å². The van der Waals surface area contributed by atoms with Crippen LogP contribution >= 0.6 is 22.7 Å². The molecule has 1 aromatic heterocycles. The van der Waals surface area contributed by atoms with Gasteiger partial charge in [-0.1, -0.05) is 47.5 Å². The average Bonchev–Trinajstić information content (AvgIpc) is 2.67. The van der Waals surface area contributed by atoms with E-state index in [4.69, 9.17) is 9.98 Å². The van der Waals surface area contributed by atoms with Crippen LogP contribution in [0.1, 0.15) is 33.4 Å². The van der Waals surface area contributed by atoms with Crippen molar-refractivity contribution in [1.82, 2.24) is 0 Å². The second kappa shape index (κ2) is 8.29. The molecule has 2 nitrogen and oxygen atoms in total. The van der Waals surface area contributed by atoms with E-state index in [-0.39, 0.29) is 0 Å². The van der Waals surface area contributed by atoms with Crippen molar-refractivity contribution < 1.29 is 0 Å². The molecule has 0 unspecified atom stereocenters. The first-order valence-electron chi connectivity index (χ1n) is 10.1. The standard InChI is InChI=1S/C26H26N2S2/c1-15-11-17(3)23(18(4)12-15)27-25-26(30-22-10-8-7-9-21(22)29-25)28-24-19(5)13-16(2)14-20(24)6/h7-14H,1-6H3. The number of hydrogen-bond donors (Lipinski definition) is 0. The fourth-order valence-corrected chi connectivity index (χ4v) is 6.04. The van der Waals surface area contributed by atoms with Crippen LogP contribution in [0.5, 0.6) is 0 Å². The molecule has 0 aliphatic rings. The monoisotopic (exact) mass is 430 g/mol. The third-order valence-electron chi connectivity index (χ3n) is 5.14. The normalized spacial score (nSPS) is 12.7. The SMILES string of the molecule is Cc1cc(C)c(N=c2sc3ccccc3sc2=Nc2c(C)cc(C)cc2C)c(C)c1. The Hall–Kier alpha value is -2.56. The van der Waals surface area contributed by atoms with Crippen LogP contribution in [0.4, 0.5) is 11.4 Å². The van der Waals surface area contributed by atoms with Gasteiger partial charge in [0.05, 0.1) is 11.4 Å². The smallest absolute Gasteiger partial charge is 0.153 e. The predicted octanol–water partition coefficient (Wildman–Crippen LogP) is 7.28. The molecule has 0 saturated heterocycles. The van der Waals surface area contributed by atoms with Gasteiger partial charge in [0.25, 0.3) is 0 Å². The van der Waals surface area contributed by atoms with Crippen molar-refractivity contribution in [3.8, 4) is 0 Å². The van der Waals surface area contributed by atoms with E-state index < -0.39 is 0 Å². The zero-order chi connectivity index (χ0) is 21.4. The van der Waals surface area contributed by atoms with Crippen LogP contribution in [0.25, 0.3) is 9.40 Å². The maximum Gasteiger partial charge on any atom is 0.153 e. The molecule has 0 fully saturated rings. The van der Waals surface area contributed by atoms with Crippen LogP contribution in [0.3, 0.4) is 0 Å². The Morgan fingerprint density at radius 1 is 0.533 bits per heavy atom. The highest BCUT2D eigenvalue weighted by Gasteiger charge is 2.07. The molecule has 30 heavy (non-hydrogen) atoms. The van der Waals surface area contributed by atoms with Gasteiger partial charge < -0.3 is 0 Å². The van der Waals surface area contributed by atoms with E-state index in [2.05, 4.69) is 90.1 Å². The Balaban J connectivity index is 2.08. The van der Waals surface area contributed by atoms with E-state index >= 15 is 0 Å². The van der Waals surface area contributed by atoms with E-state index in [1.54, 1.807) is 22.7 Å². The summed E-state index contributed by atoms with van der Waals surface area (Å²) in [5, 5.41) is 0. The lowest BCUT2D eigenvalue weighted by atomic mass is 10.1. The minimum atomic E-state index is 0.966. The lowest BCUT2D eigenvalue weighted by molar-refractivity contribution is 1.22. The molecule has 0 radical (unpaired) electrons. The molecule has 0 aliphatic carbocycles. The summed E-state index contributed by atoms with van der Waals surface area (Å²) in [5.74, 6) is 0. The van der Waals surface area contributed by atoms with E-state index in [0.717, 1.165) is 20.7 Å². The first-order chi connectivity index (χ1) is 14.3. The molecule has 152 valence electrons. The quantitative estimate of drug-likeness (QED) is 0.319. The topological polar surface area (TPSA) is 24.7 Å². The third kappa shape index (κ3) is 4.16. The van der Waals surface area contributed by atoms with Gasteiger partial charge in [0.2, 0.25) is 0 Å². The van der Waals surface area contributed by atoms with Crippen LogP contribution in [0, 0.1) is 41.5 Å². The van der Waals surface area contributed by atoms with Gasteiger partial charge in [-0.25, -0.2) is 9.98 Å². The fraction of sp³-hybridized carbons (Fsp3) is 0.231. The summed E-state index contributed by atoms with van der Waals surface area (Å²) in [4.78, 5) is 10.3. The molecule has 0 saturated carbocycles. The van der Waals surface area contributed by atoms with Crippen molar-refractivity contribution >= 4 is 43.4 Å². The van der Waals surface area contributed by atoms with E-state index in [1.807, 2.05) is 0 Å². The minimum Gasteiger partial charge on any atom is -0.234 e. The number of nitrogens with zero attached hydrogens (tertiary/aromatic N) is 2. The van der Waals surface area contributed by atoms with Crippen molar-refractivity contribution in [1.29, 1.82) is 0 Å². The highest BCUT2D eigenvalue weighted by molar-refractivity contribution is 7.25. The van der Waals surface area contributed by atoms with Crippen molar-refractivity contribution in [3.63, 3.8) is 0 Å². The summed E-state index contributed by atoms with van der Waals surface area (Å²) < 4.78 is 4.40. The number of fused-ring (bicyclic) bond motifs is 1. The molecule has 0 atom stereocenters. The number of benzene rings is 3. The van der Waals surface area contributed by atoms with Gasteiger partial charge in [-0.15, -0.1) is 22.7 Å². The van der Waals surface area contributed by atoms with Crippen LogP contribution < -0.4 is 9.34 Å². The van der Waals surface area contributed by atoms with Gasteiger partial charge in [-0.05, 0) is 75.9 Å². The van der Waals surface area contributed by atoms with Crippen molar-refractivity contribution in [2.24, 2.45) is 9.98 Å². The van der Waals surface area contributed by atoms with Crippen LogP contribution in [0.2, 0.25) is 0 Å². The number of aryl methyl sites for hydroxylation is 6. The molecule has 0 aliphatic heterocycles. The van der Waals surface area contributed by atoms with Crippen LogP contribution in [-0.4, -0.2) is 0 Å². The Kier molecular flexibility index (Phi) is 5.72. The van der Waals surface area contributed by atoms with Gasteiger partial charge in [0.1, 0.15) is 0 Å². The Morgan fingerprint density at radius 2 is 0.867 bits per heavy atom. The van der Waals surface area contributed by atoms with Crippen LogP contribution in [0.15, 0.2) is 58.5 Å². The fourth-order valence-electron chi connectivity index (χ4n) is 3.96. The molecule has 0 bridgehead atoms. The predicted molar refractivity (Wildman–Crippen MR) is 131 cm³/mol. The summed E-state index contributed by atoms with van der Waals surface area (Å²) in [6.45, 7) is 12.8. The van der Waals surface area contributed by atoms with Gasteiger partial charge >= 0.3 is 0 Å². The molecule has 4 aromatic rings. The molecule has 4 heteroatoms. The maximum absolute atomic E-state index is 5.14. The first-order valence-corrected chi connectivity index (χ1v) is 11.7. The van der Waals surface area contributed by atoms with Crippen molar-refractivity contribution in [2.45, 2.75) is 41.5 Å². The highest BCUT2D eigenvalue weighted by Crippen LogP contribution is 2.27. The Morgan fingerprint density at radius 3 is 1.20 bits per heavy atom. The third-order valence-corrected chi connectivity index (χ3v) is 7.51. The average molecular weight is 431 g/mol. The van der Waals surface area contributed by atoms with Gasteiger partial charge in [0, 0.05) is 9.40 Å². The molecule has 3 aromatic carbocycles. The molecule has 0 amide bonds. The second-order valence-electron chi connectivity index (χ2n) is 7.98. The summed E-state index contributed by atoms with van der Waals surface area (Å²) in [6.07, 6.45) is 0. The lowest BCUT2D eigenvalue weighted by Crippen LogP contribution is -2.20. The number of rotatable bonds is 2. The summed E-state index contributed by atoms with van der Waals surface area (Å²) in [7, 11) is 0. The summed E-state index contributed by atoms with van der Waals surface area (Å²) in [6, 6.07) is 17.3. The molecular weight excluding hydrogens is 404 g/mol. The largest absolute Gasteiger partial charge is 0.234 e. The molecule has 4 rings (SSSR count). The van der Waals surface area contributed by atoms with Gasteiger partial charge in [-0.3, -0.25) is 0 Å². The molecule has 0 spiro atoms. The van der Waals surface area contributed by atoms with Gasteiger partial charge in [0.15, 0.2) is 9.34 Å². The Bertz CT molecular complexity index is 1250. The molecular formula is C26H26N2S2. The Labute approximate surface area is 186 Å². The second-order valence-corrected chi connectivity index (χ2v) is 10.0. The van der Waals surface area contributed by atoms with Crippen molar-refractivity contribution in [3.05, 3.63) is 91.3 Å². The van der Waals surface area contributed by atoms with E-state index in [1.165, 1.54) is 42.8 Å².